The van der Waals surface area contributed by atoms with Gasteiger partial charge in [-0.25, -0.2) is 0 Å². The van der Waals surface area contributed by atoms with E-state index in [1.54, 1.807) is 24.5 Å². The third-order valence-corrected chi connectivity index (χ3v) is 2.92. The van der Waals surface area contributed by atoms with Crippen molar-refractivity contribution < 1.29 is 9.66 Å². The summed E-state index contributed by atoms with van der Waals surface area (Å²) in [6, 6.07) is 16.4. The zero-order valence-corrected chi connectivity index (χ0v) is 11.2. The van der Waals surface area contributed by atoms with E-state index in [4.69, 9.17) is 4.74 Å². The quantitative estimate of drug-likeness (QED) is 0.465. The Balaban J connectivity index is 2.05. The number of allylic oxidation sites excluding steroid dienone is 1. The van der Waals surface area contributed by atoms with Crippen molar-refractivity contribution in [2.75, 3.05) is 0 Å². The predicted octanol–water partition coefficient (Wildman–Crippen LogP) is 4.17. The summed E-state index contributed by atoms with van der Waals surface area (Å²) in [5.74, 6) is 0. The van der Waals surface area contributed by atoms with Gasteiger partial charge in [0.05, 0.1) is 16.7 Å². The van der Waals surface area contributed by atoms with Crippen molar-refractivity contribution in [1.82, 2.24) is 0 Å². The van der Waals surface area contributed by atoms with Crippen molar-refractivity contribution >= 4 is 11.3 Å². The lowest BCUT2D eigenvalue weighted by molar-refractivity contribution is -0.385. The van der Waals surface area contributed by atoms with Crippen molar-refractivity contribution in [2.45, 2.75) is 13.5 Å². The molecule has 0 amide bonds. The van der Waals surface area contributed by atoms with Gasteiger partial charge in [-0.3, -0.25) is 10.1 Å². The first-order valence-corrected chi connectivity index (χ1v) is 6.24. The number of nitrogens with zero attached hydrogens (tertiary/aromatic N) is 1. The van der Waals surface area contributed by atoms with E-state index in [9.17, 15) is 10.1 Å². The molecule has 2 aromatic carbocycles. The van der Waals surface area contributed by atoms with Crippen LogP contribution in [0.2, 0.25) is 0 Å². The molecule has 0 N–H and O–H groups in total. The summed E-state index contributed by atoms with van der Waals surface area (Å²) >= 11 is 0. The fourth-order valence-electron chi connectivity index (χ4n) is 1.84. The molecule has 0 heterocycles. The number of ether oxygens (including phenoxy) is 1. The summed E-state index contributed by atoms with van der Waals surface area (Å²) < 4.78 is 5.46. The number of benzene rings is 2. The van der Waals surface area contributed by atoms with Crippen LogP contribution in [0.15, 0.2) is 60.9 Å². The Bertz CT molecular complexity index is 621. The van der Waals surface area contributed by atoms with Crippen molar-refractivity contribution in [1.29, 1.82) is 0 Å². The van der Waals surface area contributed by atoms with Gasteiger partial charge in [-0.05, 0) is 24.1 Å². The summed E-state index contributed by atoms with van der Waals surface area (Å²) in [5, 5.41) is 10.9. The van der Waals surface area contributed by atoms with Crippen LogP contribution >= 0.6 is 0 Å². The van der Waals surface area contributed by atoms with E-state index in [-0.39, 0.29) is 12.3 Å². The molecule has 0 aliphatic heterocycles. The number of hydrogen-bond donors (Lipinski definition) is 0. The molecular weight excluding hydrogens is 254 g/mol. The Morgan fingerprint density at radius 3 is 2.50 bits per heavy atom. The van der Waals surface area contributed by atoms with Crippen molar-refractivity contribution in [2.24, 2.45) is 0 Å². The molecule has 102 valence electrons. The lowest BCUT2D eigenvalue weighted by Gasteiger charge is -2.05. The van der Waals surface area contributed by atoms with Gasteiger partial charge in [-0.1, -0.05) is 42.5 Å². The normalized spacial score (nSPS) is 11.2. The Morgan fingerprint density at radius 2 is 1.80 bits per heavy atom. The van der Waals surface area contributed by atoms with Crippen LogP contribution in [0.3, 0.4) is 0 Å². The molecule has 4 heteroatoms. The highest BCUT2D eigenvalue weighted by Gasteiger charge is 2.11. The van der Waals surface area contributed by atoms with Gasteiger partial charge in [0.15, 0.2) is 0 Å². The van der Waals surface area contributed by atoms with Gasteiger partial charge in [0, 0.05) is 6.07 Å². The number of para-hydroxylation sites is 1. The number of nitro benzene ring substituents is 1. The second kappa shape index (κ2) is 6.52. The number of nitro groups is 1. The fraction of sp³-hybridized carbons (Fsp3) is 0.125. The SMILES string of the molecule is C/C(=C\OCc1ccccc1[N+](=O)[O-])c1ccccc1. The molecule has 0 atom stereocenters. The fourth-order valence-corrected chi connectivity index (χ4v) is 1.84. The minimum Gasteiger partial charge on any atom is -0.496 e. The first-order valence-electron chi connectivity index (χ1n) is 6.24. The molecule has 20 heavy (non-hydrogen) atoms. The van der Waals surface area contributed by atoms with Crippen molar-refractivity contribution in [3.05, 3.63) is 82.1 Å². The third-order valence-electron chi connectivity index (χ3n) is 2.92. The minimum atomic E-state index is -0.396. The summed E-state index contributed by atoms with van der Waals surface area (Å²) in [5.41, 5.74) is 2.69. The Labute approximate surface area is 117 Å². The van der Waals surface area contributed by atoms with Gasteiger partial charge in [-0.15, -0.1) is 0 Å². The largest absolute Gasteiger partial charge is 0.496 e. The van der Waals surface area contributed by atoms with E-state index in [2.05, 4.69) is 0 Å². The maximum absolute atomic E-state index is 10.9. The summed E-state index contributed by atoms with van der Waals surface area (Å²) in [6.07, 6.45) is 1.63. The van der Waals surface area contributed by atoms with Gasteiger partial charge >= 0.3 is 0 Å². The van der Waals surface area contributed by atoms with Crippen LogP contribution in [0.4, 0.5) is 5.69 Å². The van der Waals surface area contributed by atoms with Gasteiger partial charge in [-0.2, -0.15) is 0 Å². The average molecular weight is 269 g/mol. The predicted molar refractivity (Wildman–Crippen MR) is 78.0 cm³/mol. The molecule has 0 bridgehead atoms. The monoisotopic (exact) mass is 269 g/mol. The molecule has 2 rings (SSSR count). The second-order valence-electron chi connectivity index (χ2n) is 4.36. The molecular formula is C16H15NO3. The molecule has 0 unspecified atom stereocenters. The Kier molecular flexibility index (Phi) is 4.50. The van der Waals surface area contributed by atoms with Crippen molar-refractivity contribution in [3.8, 4) is 0 Å². The molecule has 0 aromatic heterocycles. The molecule has 2 aromatic rings. The molecule has 0 fully saturated rings. The lowest BCUT2D eigenvalue weighted by Crippen LogP contribution is -1.96. The topological polar surface area (TPSA) is 52.4 Å². The highest BCUT2D eigenvalue weighted by Crippen LogP contribution is 2.19. The van der Waals surface area contributed by atoms with E-state index in [1.165, 1.54) is 6.07 Å². The summed E-state index contributed by atoms with van der Waals surface area (Å²) in [6.45, 7) is 2.12. The average Bonchev–Trinajstić information content (AvgIpc) is 2.48. The molecule has 0 radical (unpaired) electrons. The molecule has 0 spiro atoms. The molecule has 0 saturated carbocycles. The first-order chi connectivity index (χ1) is 9.68. The minimum absolute atomic E-state index is 0.0817. The van der Waals surface area contributed by atoms with E-state index < -0.39 is 4.92 Å². The molecule has 0 aliphatic carbocycles. The Hall–Kier alpha value is -2.62. The van der Waals surface area contributed by atoms with Crippen LogP contribution in [0.5, 0.6) is 0 Å². The second-order valence-corrected chi connectivity index (χ2v) is 4.36. The zero-order valence-electron chi connectivity index (χ0n) is 11.2. The maximum atomic E-state index is 10.9. The third kappa shape index (κ3) is 3.45. The van der Waals surface area contributed by atoms with Gasteiger partial charge < -0.3 is 4.74 Å². The van der Waals surface area contributed by atoms with E-state index in [1.807, 2.05) is 37.3 Å². The zero-order chi connectivity index (χ0) is 14.4. The van der Waals surface area contributed by atoms with Crippen molar-refractivity contribution in [3.63, 3.8) is 0 Å². The highest BCUT2D eigenvalue weighted by molar-refractivity contribution is 5.62. The van der Waals surface area contributed by atoms with Gasteiger partial charge in [0.2, 0.25) is 0 Å². The van der Waals surface area contributed by atoms with Gasteiger partial charge in [0.1, 0.15) is 6.61 Å². The van der Waals surface area contributed by atoms with Crippen LogP contribution in [-0.4, -0.2) is 4.92 Å². The van der Waals surface area contributed by atoms with Crippen LogP contribution in [0, 0.1) is 10.1 Å². The molecule has 0 aliphatic rings. The number of rotatable bonds is 5. The smallest absolute Gasteiger partial charge is 0.276 e. The summed E-state index contributed by atoms with van der Waals surface area (Å²) in [4.78, 5) is 10.5. The van der Waals surface area contributed by atoms with Gasteiger partial charge in [0.25, 0.3) is 5.69 Å². The molecule has 0 saturated heterocycles. The highest BCUT2D eigenvalue weighted by atomic mass is 16.6. The Morgan fingerprint density at radius 1 is 1.15 bits per heavy atom. The van der Waals surface area contributed by atoms with E-state index in [0.717, 1.165) is 11.1 Å². The molecule has 4 nitrogen and oxygen atoms in total. The van der Waals surface area contributed by atoms with E-state index in [0.29, 0.717) is 5.56 Å². The number of hydrogen-bond acceptors (Lipinski definition) is 3. The van der Waals surface area contributed by atoms with E-state index >= 15 is 0 Å². The van der Waals surface area contributed by atoms with Crippen LogP contribution in [0.1, 0.15) is 18.1 Å². The van der Waals surface area contributed by atoms with Crippen LogP contribution in [0.25, 0.3) is 5.57 Å². The maximum Gasteiger partial charge on any atom is 0.276 e. The summed E-state index contributed by atoms with van der Waals surface area (Å²) in [7, 11) is 0. The standard InChI is InChI=1S/C16H15NO3/c1-13(14-7-3-2-4-8-14)11-20-12-15-9-5-6-10-16(15)17(18)19/h2-11H,12H2,1H3/b13-11+. The van der Waals surface area contributed by atoms with Crippen LogP contribution < -0.4 is 0 Å². The first kappa shape index (κ1) is 13.8. The van der Waals surface area contributed by atoms with Crippen LogP contribution in [-0.2, 0) is 11.3 Å². The lowest BCUT2D eigenvalue weighted by atomic mass is 10.1.